The van der Waals surface area contributed by atoms with Crippen LogP contribution in [0.5, 0.6) is 0 Å². The fraction of sp³-hybridized carbons (Fsp3) is 0.955. The van der Waals surface area contributed by atoms with Gasteiger partial charge in [-0.25, -0.2) is 10.9 Å². The smallest absolute Gasteiger partial charge is 0.199 e. The molecule has 5 heteroatoms. The predicted octanol–water partition coefficient (Wildman–Crippen LogP) is 2.01. The van der Waals surface area contributed by atoms with Crippen molar-refractivity contribution in [3.8, 4) is 0 Å². The maximum Gasteiger partial charge on any atom is 0.199 e. The molecule has 0 aliphatic carbocycles. The SMILES string of the molecule is CCCCCCCCCCCCCCCCCC[NH+]1N=C(C)N(N)C1C.[Cl-]. The van der Waals surface area contributed by atoms with Crippen LogP contribution in [0.4, 0.5) is 0 Å². The zero-order valence-corrected chi connectivity index (χ0v) is 19.2. The van der Waals surface area contributed by atoms with Crippen molar-refractivity contribution < 1.29 is 17.4 Å². The van der Waals surface area contributed by atoms with Crippen LogP contribution in [0.15, 0.2) is 5.10 Å². The minimum atomic E-state index is 0. The summed E-state index contributed by atoms with van der Waals surface area (Å²) in [6.45, 7) is 7.56. The molecule has 0 bridgehead atoms. The molecule has 2 atom stereocenters. The zero-order valence-electron chi connectivity index (χ0n) is 18.4. The van der Waals surface area contributed by atoms with E-state index in [2.05, 4.69) is 18.9 Å². The average molecular weight is 403 g/mol. The first-order valence-electron chi connectivity index (χ1n) is 11.6. The van der Waals surface area contributed by atoms with Crippen LogP contribution in [0.25, 0.3) is 0 Å². The number of nitrogens with zero attached hydrogens (tertiary/aromatic N) is 2. The third-order valence-corrected chi connectivity index (χ3v) is 5.87. The van der Waals surface area contributed by atoms with Gasteiger partial charge < -0.3 is 12.4 Å². The van der Waals surface area contributed by atoms with Gasteiger partial charge in [0.05, 0.1) is 0 Å². The molecular weight excluding hydrogens is 356 g/mol. The Morgan fingerprint density at radius 1 is 0.778 bits per heavy atom. The molecule has 27 heavy (non-hydrogen) atoms. The summed E-state index contributed by atoms with van der Waals surface area (Å²) >= 11 is 0. The minimum Gasteiger partial charge on any atom is -1.00 e. The van der Waals surface area contributed by atoms with Crippen LogP contribution >= 0.6 is 0 Å². The Morgan fingerprint density at radius 2 is 1.15 bits per heavy atom. The van der Waals surface area contributed by atoms with Crippen molar-refractivity contribution in [1.82, 2.24) is 5.01 Å². The second-order valence-corrected chi connectivity index (χ2v) is 8.29. The quantitative estimate of drug-likeness (QED) is 0.289. The molecule has 0 radical (unpaired) electrons. The molecule has 0 saturated carbocycles. The first kappa shape index (κ1) is 26.7. The van der Waals surface area contributed by atoms with Crippen LogP contribution < -0.4 is 23.3 Å². The lowest BCUT2D eigenvalue weighted by Gasteiger charge is -2.18. The van der Waals surface area contributed by atoms with Gasteiger partial charge in [0.1, 0.15) is 6.54 Å². The average Bonchev–Trinajstić information content (AvgIpc) is 2.88. The lowest BCUT2D eigenvalue weighted by molar-refractivity contribution is -0.932. The summed E-state index contributed by atoms with van der Waals surface area (Å²) in [5.74, 6) is 6.92. The number of rotatable bonds is 17. The predicted molar refractivity (Wildman–Crippen MR) is 114 cm³/mol. The van der Waals surface area contributed by atoms with E-state index in [0.29, 0.717) is 6.17 Å². The maximum absolute atomic E-state index is 5.96. The van der Waals surface area contributed by atoms with Crippen LogP contribution in [0, 0.1) is 0 Å². The molecule has 0 fully saturated rings. The van der Waals surface area contributed by atoms with Gasteiger partial charge in [-0.05, 0) is 12.8 Å². The molecule has 0 amide bonds. The largest absolute Gasteiger partial charge is 1.00 e. The van der Waals surface area contributed by atoms with Gasteiger partial charge >= 0.3 is 0 Å². The highest BCUT2D eigenvalue weighted by Gasteiger charge is 2.30. The van der Waals surface area contributed by atoms with Crippen molar-refractivity contribution in [2.75, 3.05) is 6.54 Å². The number of halogens is 1. The van der Waals surface area contributed by atoms with Gasteiger partial charge in [-0.15, -0.1) is 0 Å². The van der Waals surface area contributed by atoms with E-state index in [1.54, 1.807) is 5.01 Å². The molecule has 0 spiro atoms. The van der Waals surface area contributed by atoms with E-state index < -0.39 is 0 Å². The number of amidine groups is 1. The molecule has 162 valence electrons. The standard InChI is InChI=1S/C22H46N4.ClH/c1-4-5-6-7-8-9-10-11-12-13-14-15-16-17-18-19-20-25-22(3)26(23)21(2)24-25;/h22H,4-20,23H2,1-3H3;1H. The molecule has 0 saturated heterocycles. The number of nitrogens with two attached hydrogens (primary N) is 1. The Balaban J connectivity index is 0.00000676. The lowest BCUT2D eigenvalue weighted by Crippen LogP contribution is -3.11. The highest BCUT2D eigenvalue weighted by Crippen LogP contribution is 2.13. The molecule has 3 N–H and O–H groups in total. The van der Waals surface area contributed by atoms with E-state index in [1.807, 2.05) is 6.92 Å². The Morgan fingerprint density at radius 3 is 1.48 bits per heavy atom. The molecule has 4 nitrogen and oxygen atoms in total. The van der Waals surface area contributed by atoms with Crippen molar-refractivity contribution in [1.29, 1.82) is 0 Å². The topological polar surface area (TPSA) is 46.1 Å². The number of hydrogen-bond acceptors (Lipinski definition) is 3. The zero-order chi connectivity index (χ0) is 19.0. The number of quaternary nitrogens is 1. The number of unbranched alkanes of at least 4 members (excludes halogenated alkanes) is 15. The van der Waals surface area contributed by atoms with Crippen molar-refractivity contribution in [3.63, 3.8) is 0 Å². The van der Waals surface area contributed by atoms with Crippen molar-refractivity contribution in [3.05, 3.63) is 0 Å². The van der Waals surface area contributed by atoms with Gasteiger partial charge in [-0.2, -0.15) is 5.01 Å². The van der Waals surface area contributed by atoms with Crippen LogP contribution in [-0.4, -0.2) is 23.6 Å². The molecule has 1 heterocycles. The van der Waals surface area contributed by atoms with Crippen molar-refractivity contribution in [2.45, 2.75) is 130 Å². The van der Waals surface area contributed by atoms with Gasteiger partial charge in [0.2, 0.25) is 0 Å². The van der Waals surface area contributed by atoms with E-state index in [1.165, 1.54) is 108 Å². The molecule has 1 aliphatic heterocycles. The first-order valence-corrected chi connectivity index (χ1v) is 11.6. The van der Waals surface area contributed by atoms with Crippen LogP contribution in [0.1, 0.15) is 124 Å². The van der Waals surface area contributed by atoms with Gasteiger partial charge in [0.25, 0.3) is 0 Å². The molecule has 2 unspecified atom stereocenters. The molecule has 0 aromatic carbocycles. The third kappa shape index (κ3) is 12.7. The summed E-state index contributed by atoms with van der Waals surface area (Å²) in [6.07, 6.45) is 23.0. The Hall–Kier alpha value is -0.320. The van der Waals surface area contributed by atoms with E-state index >= 15 is 0 Å². The summed E-state index contributed by atoms with van der Waals surface area (Å²) in [4.78, 5) is 0. The molecule has 0 aromatic rings. The van der Waals surface area contributed by atoms with Crippen LogP contribution in [0.2, 0.25) is 0 Å². The fourth-order valence-corrected chi connectivity index (χ4v) is 3.92. The Bertz CT molecular complexity index is 362. The second kappa shape index (κ2) is 17.8. The van der Waals surface area contributed by atoms with Crippen LogP contribution in [-0.2, 0) is 0 Å². The van der Waals surface area contributed by atoms with Crippen LogP contribution in [0.3, 0.4) is 0 Å². The summed E-state index contributed by atoms with van der Waals surface area (Å²) in [5, 5.41) is 7.66. The normalized spacial score (nSPS) is 19.3. The lowest BCUT2D eigenvalue weighted by atomic mass is 10.0. The highest BCUT2D eigenvalue weighted by atomic mass is 35.5. The summed E-state index contributed by atoms with van der Waals surface area (Å²) < 4.78 is 0. The molecular formula is C22H47ClN4. The maximum atomic E-state index is 5.96. The number of hydrazine groups is 1. The number of hydrogen-bond donors (Lipinski definition) is 2. The monoisotopic (exact) mass is 402 g/mol. The van der Waals surface area contributed by atoms with E-state index in [9.17, 15) is 0 Å². The van der Waals surface area contributed by atoms with Gasteiger partial charge in [-0.1, -0.05) is 102 Å². The summed E-state index contributed by atoms with van der Waals surface area (Å²) in [5.41, 5.74) is 0. The summed E-state index contributed by atoms with van der Waals surface area (Å²) in [7, 11) is 0. The third-order valence-electron chi connectivity index (χ3n) is 5.87. The van der Waals surface area contributed by atoms with Gasteiger partial charge in [0.15, 0.2) is 12.0 Å². The van der Waals surface area contributed by atoms with E-state index in [-0.39, 0.29) is 12.4 Å². The van der Waals surface area contributed by atoms with E-state index in [4.69, 9.17) is 5.84 Å². The minimum absolute atomic E-state index is 0. The fourth-order valence-electron chi connectivity index (χ4n) is 3.92. The van der Waals surface area contributed by atoms with Gasteiger partial charge in [-0.3, -0.25) is 0 Å². The number of nitrogens with one attached hydrogen (secondary N) is 1. The first-order chi connectivity index (χ1) is 12.7. The molecule has 1 rings (SSSR count). The summed E-state index contributed by atoms with van der Waals surface area (Å²) in [6, 6.07) is 0. The molecule has 0 aromatic heterocycles. The second-order valence-electron chi connectivity index (χ2n) is 8.29. The van der Waals surface area contributed by atoms with E-state index in [0.717, 1.165) is 12.4 Å². The van der Waals surface area contributed by atoms with Gasteiger partial charge in [0, 0.05) is 13.8 Å². The Labute approximate surface area is 175 Å². The highest BCUT2D eigenvalue weighted by molar-refractivity contribution is 5.79. The Kier molecular flexibility index (Phi) is 17.5. The molecule has 1 aliphatic rings. The van der Waals surface area contributed by atoms with Crippen molar-refractivity contribution >= 4 is 5.84 Å². The van der Waals surface area contributed by atoms with Crippen molar-refractivity contribution in [2.24, 2.45) is 10.9 Å².